The summed E-state index contributed by atoms with van der Waals surface area (Å²) < 4.78 is 60.1. The average molecular weight is 415 g/mol. The van der Waals surface area contributed by atoms with Crippen LogP contribution in [0.1, 0.15) is 30.0 Å². The Labute approximate surface area is 148 Å². The molecule has 8 heteroatoms. The van der Waals surface area contributed by atoms with Crippen LogP contribution in [0.15, 0.2) is 40.9 Å². The lowest BCUT2D eigenvalue weighted by Crippen LogP contribution is -2.10. The molecule has 0 fully saturated rings. The van der Waals surface area contributed by atoms with Gasteiger partial charge in [0.15, 0.2) is 6.17 Å². The minimum absolute atomic E-state index is 0.00872. The molecular formula is C17H11BrF4N2O. The van der Waals surface area contributed by atoms with E-state index in [4.69, 9.17) is 0 Å². The van der Waals surface area contributed by atoms with Crippen LogP contribution in [-0.4, -0.2) is 16.2 Å². The lowest BCUT2D eigenvalue weighted by Gasteiger charge is -2.18. The Bertz CT molecular complexity index is 959. The van der Waals surface area contributed by atoms with Crippen molar-refractivity contribution in [3.8, 4) is 5.75 Å². The van der Waals surface area contributed by atoms with Crippen LogP contribution in [-0.2, 0) is 0 Å². The van der Waals surface area contributed by atoms with Crippen molar-refractivity contribution < 1.29 is 22.3 Å². The van der Waals surface area contributed by atoms with E-state index in [1.807, 2.05) is 0 Å². The van der Waals surface area contributed by atoms with Gasteiger partial charge in [-0.3, -0.25) is 0 Å². The molecule has 1 aliphatic rings. The van der Waals surface area contributed by atoms with Crippen molar-refractivity contribution in [2.75, 3.05) is 0 Å². The third kappa shape index (κ3) is 2.68. The van der Waals surface area contributed by atoms with Crippen molar-refractivity contribution in [3.63, 3.8) is 0 Å². The van der Waals surface area contributed by atoms with Crippen LogP contribution in [0.3, 0.4) is 0 Å². The van der Waals surface area contributed by atoms with Crippen molar-refractivity contribution >= 4 is 27.0 Å². The Morgan fingerprint density at radius 2 is 2.00 bits per heavy atom. The molecule has 2 heterocycles. The van der Waals surface area contributed by atoms with E-state index in [-0.39, 0.29) is 22.5 Å². The predicted octanol–water partition coefficient (Wildman–Crippen LogP) is 5.54. The zero-order valence-corrected chi connectivity index (χ0v) is 14.2. The number of nitrogens with zero attached hydrogens (tertiary/aromatic N) is 2. The first-order valence-corrected chi connectivity index (χ1v) is 8.29. The monoisotopic (exact) mass is 414 g/mol. The highest BCUT2D eigenvalue weighted by molar-refractivity contribution is 9.10. The maximum atomic E-state index is 14.5. The molecule has 0 radical (unpaired) electrons. The maximum Gasteiger partial charge on any atom is 0.387 e. The van der Waals surface area contributed by atoms with Gasteiger partial charge < -0.3 is 9.30 Å². The average Bonchev–Trinajstić information content (AvgIpc) is 3.06. The van der Waals surface area contributed by atoms with Gasteiger partial charge in [-0.25, -0.2) is 13.8 Å². The molecule has 2 aromatic carbocycles. The van der Waals surface area contributed by atoms with Crippen LogP contribution in [0, 0.1) is 5.82 Å². The fraction of sp³-hybridized carbons (Fsp3) is 0.235. The van der Waals surface area contributed by atoms with Crippen LogP contribution >= 0.6 is 15.9 Å². The number of rotatable bonds is 3. The van der Waals surface area contributed by atoms with Crippen LogP contribution in [0.25, 0.3) is 11.0 Å². The number of benzene rings is 2. The van der Waals surface area contributed by atoms with Gasteiger partial charge in [-0.15, -0.1) is 0 Å². The Hall–Kier alpha value is -2.09. The molecule has 0 N–H and O–H groups in total. The van der Waals surface area contributed by atoms with Gasteiger partial charge in [-0.05, 0) is 28.1 Å². The molecule has 0 saturated heterocycles. The SMILES string of the molecule is Fc1cc2nc3n(c2cc1Br)[C@@H](c1ccccc1OC(F)F)C[C@H]3F. The molecule has 0 amide bonds. The molecule has 0 spiro atoms. The first kappa shape index (κ1) is 16.4. The fourth-order valence-electron chi connectivity index (χ4n) is 3.29. The second kappa shape index (κ2) is 6.01. The standard InChI is InChI=1S/C17H11BrF4N2O/c18-9-5-14-12(6-10(9)19)23-16-11(20)7-13(24(14)16)8-3-1-2-4-15(8)25-17(21)22/h1-6,11,13,17H,7H2/t11-,13-/m1/s1. The van der Waals surface area contributed by atoms with Crippen molar-refractivity contribution in [3.05, 3.63) is 58.1 Å². The van der Waals surface area contributed by atoms with E-state index < -0.39 is 24.6 Å². The summed E-state index contributed by atoms with van der Waals surface area (Å²) in [6, 6.07) is 8.45. The van der Waals surface area contributed by atoms with E-state index in [0.717, 1.165) is 0 Å². The molecule has 0 bridgehead atoms. The quantitative estimate of drug-likeness (QED) is 0.525. The summed E-state index contributed by atoms with van der Waals surface area (Å²) in [4.78, 5) is 4.18. The summed E-state index contributed by atoms with van der Waals surface area (Å²) in [5.74, 6) is -0.354. The Balaban J connectivity index is 1.90. The third-order valence-corrected chi connectivity index (χ3v) is 4.88. The summed E-state index contributed by atoms with van der Waals surface area (Å²) in [5.41, 5.74) is 1.28. The van der Waals surface area contributed by atoms with E-state index in [1.54, 1.807) is 22.8 Å². The number of hydrogen-bond donors (Lipinski definition) is 0. The first-order chi connectivity index (χ1) is 12.0. The summed E-state index contributed by atoms with van der Waals surface area (Å²) in [6.07, 6.45) is -1.32. The van der Waals surface area contributed by atoms with Crippen molar-refractivity contribution in [2.45, 2.75) is 25.2 Å². The Kier molecular flexibility index (Phi) is 3.94. The maximum absolute atomic E-state index is 14.5. The zero-order valence-electron chi connectivity index (χ0n) is 12.6. The van der Waals surface area contributed by atoms with E-state index in [9.17, 15) is 17.6 Å². The molecule has 0 aliphatic carbocycles. The number of aromatic nitrogens is 2. The lowest BCUT2D eigenvalue weighted by molar-refractivity contribution is -0.0507. The lowest BCUT2D eigenvalue weighted by atomic mass is 10.0. The molecule has 1 aromatic heterocycles. The number of fused-ring (bicyclic) bond motifs is 3. The summed E-state index contributed by atoms with van der Waals surface area (Å²) >= 11 is 3.11. The fourth-order valence-corrected chi connectivity index (χ4v) is 3.62. The molecular weight excluding hydrogens is 404 g/mol. The van der Waals surface area contributed by atoms with E-state index in [1.165, 1.54) is 18.2 Å². The summed E-state index contributed by atoms with van der Waals surface area (Å²) in [6.45, 7) is -2.98. The summed E-state index contributed by atoms with van der Waals surface area (Å²) in [7, 11) is 0. The van der Waals surface area contributed by atoms with Crippen LogP contribution in [0.4, 0.5) is 17.6 Å². The summed E-state index contributed by atoms with van der Waals surface area (Å²) in [5, 5.41) is 0. The van der Waals surface area contributed by atoms with E-state index >= 15 is 0 Å². The molecule has 3 nitrogen and oxygen atoms in total. The van der Waals surface area contributed by atoms with E-state index in [2.05, 4.69) is 25.7 Å². The van der Waals surface area contributed by atoms with Gasteiger partial charge in [0.2, 0.25) is 0 Å². The number of ether oxygens (including phenoxy) is 1. The minimum Gasteiger partial charge on any atom is -0.434 e. The number of imidazole rings is 1. The van der Waals surface area contributed by atoms with Gasteiger partial charge in [0.25, 0.3) is 0 Å². The van der Waals surface area contributed by atoms with Gasteiger partial charge in [0.05, 0.1) is 21.5 Å². The minimum atomic E-state index is -2.98. The smallest absolute Gasteiger partial charge is 0.387 e. The molecule has 3 aromatic rings. The highest BCUT2D eigenvalue weighted by Gasteiger charge is 2.36. The molecule has 25 heavy (non-hydrogen) atoms. The second-order valence-corrected chi connectivity index (χ2v) is 6.58. The van der Waals surface area contributed by atoms with Gasteiger partial charge in [-0.1, -0.05) is 18.2 Å². The Morgan fingerprint density at radius 1 is 1.24 bits per heavy atom. The van der Waals surface area contributed by atoms with Gasteiger partial charge in [0.1, 0.15) is 17.4 Å². The molecule has 0 unspecified atom stereocenters. The molecule has 1 aliphatic heterocycles. The Morgan fingerprint density at radius 3 is 2.76 bits per heavy atom. The number of halogens is 5. The third-order valence-electron chi connectivity index (χ3n) is 4.27. The molecule has 4 rings (SSSR count). The molecule has 2 atom stereocenters. The van der Waals surface area contributed by atoms with Gasteiger partial charge in [0, 0.05) is 18.1 Å². The number of alkyl halides is 3. The number of hydrogen-bond acceptors (Lipinski definition) is 2. The van der Waals surface area contributed by atoms with Crippen LogP contribution in [0.2, 0.25) is 0 Å². The van der Waals surface area contributed by atoms with Crippen LogP contribution in [0.5, 0.6) is 5.75 Å². The first-order valence-electron chi connectivity index (χ1n) is 7.50. The largest absolute Gasteiger partial charge is 0.434 e. The highest BCUT2D eigenvalue weighted by Crippen LogP contribution is 2.45. The van der Waals surface area contributed by atoms with Crippen LogP contribution < -0.4 is 4.74 Å². The number of para-hydroxylation sites is 1. The normalized spacial score (nSPS) is 19.6. The highest BCUT2D eigenvalue weighted by atomic mass is 79.9. The van der Waals surface area contributed by atoms with Crippen molar-refractivity contribution in [1.82, 2.24) is 9.55 Å². The second-order valence-electron chi connectivity index (χ2n) is 5.73. The zero-order chi connectivity index (χ0) is 17.7. The predicted molar refractivity (Wildman–Crippen MR) is 87.1 cm³/mol. The molecule has 0 saturated carbocycles. The van der Waals surface area contributed by atoms with Gasteiger partial charge >= 0.3 is 6.61 Å². The van der Waals surface area contributed by atoms with Crippen molar-refractivity contribution in [2.24, 2.45) is 0 Å². The van der Waals surface area contributed by atoms with Crippen molar-refractivity contribution in [1.29, 1.82) is 0 Å². The van der Waals surface area contributed by atoms with E-state index in [0.29, 0.717) is 16.6 Å². The topological polar surface area (TPSA) is 27.1 Å². The van der Waals surface area contributed by atoms with Gasteiger partial charge in [-0.2, -0.15) is 8.78 Å². The molecule has 130 valence electrons.